The SMILES string of the molecule is CCOC(=O)C1CN([C@@H]2CCc3cc(-c4cccc(-c5cccc(-c6cnc(CN7CC(O)C7)c(OC)n6)c5Cl)c4Cl)cc(OC)c32)C1. The third kappa shape index (κ3) is 6.03. The van der Waals surface area contributed by atoms with Crippen molar-refractivity contribution in [3.8, 4) is 45.1 Å². The first kappa shape index (κ1) is 32.8. The summed E-state index contributed by atoms with van der Waals surface area (Å²) in [6.45, 7) is 5.42. The summed E-state index contributed by atoms with van der Waals surface area (Å²) in [7, 11) is 3.28. The lowest BCUT2D eigenvalue weighted by Crippen LogP contribution is -2.51. The van der Waals surface area contributed by atoms with Gasteiger partial charge >= 0.3 is 5.97 Å². The van der Waals surface area contributed by atoms with Crippen molar-refractivity contribution >= 4 is 29.2 Å². The van der Waals surface area contributed by atoms with E-state index >= 15 is 0 Å². The second kappa shape index (κ2) is 13.6. The van der Waals surface area contributed by atoms with Crippen LogP contribution in [0.1, 0.15) is 36.2 Å². The van der Waals surface area contributed by atoms with E-state index in [1.807, 2.05) is 43.3 Å². The van der Waals surface area contributed by atoms with Crippen molar-refractivity contribution in [2.75, 3.05) is 47.0 Å². The number of ether oxygens (including phenoxy) is 3. The number of aryl methyl sites for hydroxylation is 1. The van der Waals surface area contributed by atoms with Crippen molar-refractivity contribution < 1.29 is 24.1 Å². The Bertz CT molecular complexity index is 1860. The van der Waals surface area contributed by atoms with Gasteiger partial charge in [-0.15, -0.1) is 0 Å². The van der Waals surface area contributed by atoms with E-state index in [1.165, 1.54) is 11.1 Å². The van der Waals surface area contributed by atoms with Crippen LogP contribution < -0.4 is 9.47 Å². The number of aliphatic hydroxyl groups excluding tert-OH is 1. The number of fused-ring (bicyclic) bond motifs is 1. The summed E-state index contributed by atoms with van der Waals surface area (Å²) in [6, 6.07) is 16.3. The minimum atomic E-state index is -0.295. The molecule has 0 amide bonds. The average Bonchev–Trinajstić information content (AvgIpc) is 3.47. The highest BCUT2D eigenvalue weighted by atomic mass is 35.5. The van der Waals surface area contributed by atoms with Crippen LogP contribution in [0.25, 0.3) is 33.5 Å². The van der Waals surface area contributed by atoms with Crippen molar-refractivity contribution in [1.82, 2.24) is 19.8 Å². The summed E-state index contributed by atoms with van der Waals surface area (Å²) in [5.74, 6) is 1.08. The minimum absolute atomic E-state index is 0.0643. The fraction of sp³-hybridized carbons (Fsp3) is 0.378. The van der Waals surface area contributed by atoms with Gasteiger partial charge in [-0.3, -0.25) is 19.6 Å². The molecule has 2 aliphatic heterocycles. The van der Waals surface area contributed by atoms with E-state index in [0.29, 0.717) is 72.2 Å². The van der Waals surface area contributed by atoms with Crippen LogP contribution in [-0.4, -0.2) is 84.0 Å². The Morgan fingerprint density at radius 3 is 2.31 bits per heavy atom. The van der Waals surface area contributed by atoms with E-state index in [1.54, 1.807) is 20.4 Å². The van der Waals surface area contributed by atoms with E-state index in [4.69, 9.17) is 42.4 Å². The summed E-state index contributed by atoms with van der Waals surface area (Å²) in [5.41, 5.74) is 7.87. The van der Waals surface area contributed by atoms with Crippen LogP contribution in [0.2, 0.25) is 10.0 Å². The number of hydrogen-bond acceptors (Lipinski definition) is 9. The number of benzene rings is 3. The maximum Gasteiger partial charge on any atom is 0.311 e. The second-order valence-corrected chi connectivity index (χ2v) is 13.4. The number of likely N-dealkylation sites (tertiary alicyclic amines) is 2. The standard InChI is InChI=1S/C37H38Cl2N4O5/c1-4-48-37(45)23-16-43(17-23)31-12-11-21-13-22(14-32(46-2)33(21)31)25-7-5-8-26(34(25)38)27-9-6-10-28(35(27)39)29-15-40-30(36(41-29)47-3)20-42-18-24(44)19-42/h5-10,13-15,23-24,31,44H,4,11-12,16-20H2,1-3H3/t31-/m1/s1. The molecule has 4 aromatic rings. The van der Waals surface area contributed by atoms with Crippen molar-refractivity contribution in [1.29, 1.82) is 0 Å². The smallest absolute Gasteiger partial charge is 0.311 e. The molecule has 0 bridgehead atoms. The Labute approximate surface area is 290 Å². The number of rotatable bonds is 10. The van der Waals surface area contributed by atoms with Gasteiger partial charge in [0.2, 0.25) is 5.88 Å². The van der Waals surface area contributed by atoms with E-state index in [0.717, 1.165) is 40.8 Å². The van der Waals surface area contributed by atoms with E-state index in [9.17, 15) is 9.90 Å². The number of hydrogen-bond donors (Lipinski definition) is 1. The van der Waals surface area contributed by atoms with Gasteiger partial charge in [-0.05, 0) is 37.0 Å². The Kier molecular flexibility index (Phi) is 9.32. The molecule has 250 valence electrons. The van der Waals surface area contributed by atoms with Crippen LogP contribution in [0, 0.1) is 5.92 Å². The van der Waals surface area contributed by atoms with Gasteiger partial charge in [0, 0.05) is 66.6 Å². The highest BCUT2D eigenvalue weighted by molar-refractivity contribution is 6.39. The average molecular weight is 690 g/mol. The molecule has 3 aromatic carbocycles. The Morgan fingerprint density at radius 1 is 0.958 bits per heavy atom. The van der Waals surface area contributed by atoms with Crippen LogP contribution in [0.4, 0.5) is 0 Å². The van der Waals surface area contributed by atoms with Crippen LogP contribution in [-0.2, 0) is 22.5 Å². The Hall–Kier alpha value is -3.73. The first-order chi connectivity index (χ1) is 23.3. The van der Waals surface area contributed by atoms with Crippen molar-refractivity contribution in [3.05, 3.63) is 81.6 Å². The number of carbonyl (C=O) groups is 1. The fourth-order valence-electron chi connectivity index (χ4n) is 7.15. The summed E-state index contributed by atoms with van der Waals surface area (Å²) in [6.07, 6.45) is 3.30. The van der Waals surface area contributed by atoms with Gasteiger partial charge in [-0.2, -0.15) is 0 Å². The lowest BCUT2D eigenvalue weighted by Gasteiger charge is -2.42. The van der Waals surface area contributed by atoms with Crippen molar-refractivity contribution in [3.63, 3.8) is 0 Å². The molecule has 3 heterocycles. The zero-order valence-electron chi connectivity index (χ0n) is 27.2. The molecule has 11 heteroatoms. The normalized spacial score (nSPS) is 18.2. The van der Waals surface area contributed by atoms with E-state index in [2.05, 4.69) is 26.9 Å². The van der Waals surface area contributed by atoms with Gasteiger partial charge in [-0.1, -0.05) is 65.7 Å². The molecule has 3 aliphatic rings. The van der Waals surface area contributed by atoms with Crippen molar-refractivity contribution in [2.45, 2.75) is 38.5 Å². The molecule has 0 spiro atoms. The fourth-order valence-corrected chi connectivity index (χ4v) is 7.82. The largest absolute Gasteiger partial charge is 0.496 e. The predicted molar refractivity (Wildman–Crippen MR) is 186 cm³/mol. The van der Waals surface area contributed by atoms with Crippen LogP contribution in [0.5, 0.6) is 11.6 Å². The number of aliphatic hydroxyl groups is 1. The number of methoxy groups -OCH3 is 2. The van der Waals surface area contributed by atoms with Gasteiger partial charge in [0.05, 0.1) is 54.8 Å². The predicted octanol–water partition coefficient (Wildman–Crippen LogP) is 6.46. The van der Waals surface area contributed by atoms with Crippen molar-refractivity contribution in [2.24, 2.45) is 5.92 Å². The van der Waals surface area contributed by atoms with Gasteiger partial charge in [0.15, 0.2) is 0 Å². The van der Waals surface area contributed by atoms with Crippen LogP contribution in [0.15, 0.2) is 54.7 Å². The molecule has 2 saturated heterocycles. The second-order valence-electron chi connectivity index (χ2n) is 12.6. The number of carbonyl (C=O) groups excluding carboxylic acids is 1. The maximum absolute atomic E-state index is 12.2. The zero-order valence-corrected chi connectivity index (χ0v) is 28.7. The number of esters is 1. The number of halogens is 2. The molecule has 1 N–H and O–H groups in total. The molecule has 0 radical (unpaired) electrons. The van der Waals surface area contributed by atoms with Crippen LogP contribution in [0.3, 0.4) is 0 Å². The molecule has 1 aliphatic carbocycles. The molecule has 0 saturated carbocycles. The third-order valence-electron chi connectivity index (χ3n) is 9.63. The van der Waals surface area contributed by atoms with Gasteiger partial charge in [0.25, 0.3) is 0 Å². The molecule has 7 rings (SSSR count). The van der Waals surface area contributed by atoms with Gasteiger partial charge in [-0.25, -0.2) is 4.98 Å². The Balaban J connectivity index is 1.17. The monoisotopic (exact) mass is 688 g/mol. The van der Waals surface area contributed by atoms with E-state index < -0.39 is 0 Å². The lowest BCUT2D eigenvalue weighted by molar-refractivity contribution is -0.155. The number of β-amino-alcohol motifs (C(OH)–C–C–N with tert-alkyl or cyclic N) is 1. The highest BCUT2D eigenvalue weighted by Crippen LogP contribution is 2.48. The molecular formula is C37H38Cl2N4O5. The molecular weight excluding hydrogens is 651 g/mol. The molecule has 9 nitrogen and oxygen atoms in total. The molecule has 1 atom stereocenters. The summed E-state index contributed by atoms with van der Waals surface area (Å²) < 4.78 is 16.8. The van der Waals surface area contributed by atoms with Gasteiger partial charge in [0.1, 0.15) is 11.4 Å². The first-order valence-corrected chi connectivity index (χ1v) is 17.0. The topological polar surface area (TPSA) is 97.3 Å². The molecule has 2 fully saturated rings. The number of nitrogens with zero attached hydrogens (tertiary/aromatic N) is 4. The number of aromatic nitrogens is 2. The first-order valence-electron chi connectivity index (χ1n) is 16.3. The highest BCUT2D eigenvalue weighted by Gasteiger charge is 2.41. The van der Waals surface area contributed by atoms with Crippen LogP contribution >= 0.6 is 23.2 Å². The minimum Gasteiger partial charge on any atom is -0.496 e. The molecule has 0 unspecified atom stereocenters. The zero-order chi connectivity index (χ0) is 33.5. The third-order valence-corrected chi connectivity index (χ3v) is 10.4. The molecule has 1 aromatic heterocycles. The summed E-state index contributed by atoms with van der Waals surface area (Å²) in [4.78, 5) is 26.0. The Morgan fingerprint density at radius 2 is 1.65 bits per heavy atom. The lowest BCUT2D eigenvalue weighted by atomic mass is 9.92. The maximum atomic E-state index is 12.2. The summed E-state index contributed by atoms with van der Waals surface area (Å²) >= 11 is 14.3. The molecule has 48 heavy (non-hydrogen) atoms. The quantitative estimate of drug-likeness (QED) is 0.188. The van der Waals surface area contributed by atoms with Gasteiger partial charge < -0.3 is 19.3 Å². The van der Waals surface area contributed by atoms with E-state index in [-0.39, 0.29) is 24.0 Å². The summed E-state index contributed by atoms with van der Waals surface area (Å²) in [5, 5.41) is 10.7.